The van der Waals surface area contributed by atoms with Gasteiger partial charge in [-0.3, -0.25) is 9.89 Å². The minimum atomic E-state index is -0.152. The highest BCUT2D eigenvalue weighted by Gasteiger charge is 2.32. The molecule has 1 heterocycles. The molecule has 2 N–H and O–H groups in total. The summed E-state index contributed by atoms with van der Waals surface area (Å²) in [6.45, 7) is 11.6. The molecule has 1 aromatic rings. The third-order valence-electron chi connectivity index (χ3n) is 4.58. The van der Waals surface area contributed by atoms with Crippen LogP contribution >= 0.6 is 11.6 Å². The Morgan fingerprint density at radius 3 is 2.70 bits per heavy atom. The molecule has 7 heteroatoms. The Hall–Kier alpha value is -1.34. The Morgan fingerprint density at radius 2 is 2.07 bits per heavy atom. The summed E-state index contributed by atoms with van der Waals surface area (Å²) in [6, 6.07) is 8.30. The predicted molar refractivity (Wildman–Crippen MR) is 112 cm³/mol. The van der Waals surface area contributed by atoms with E-state index in [1.54, 1.807) is 7.05 Å². The van der Waals surface area contributed by atoms with Crippen LogP contribution in [0.2, 0.25) is 5.02 Å². The molecule has 1 unspecified atom stereocenters. The maximum atomic E-state index is 6.09. The zero-order chi connectivity index (χ0) is 19.7. The van der Waals surface area contributed by atoms with Crippen LogP contribution in [0.4, 0.5) is 0 Å². The van der Waals surface area contributed by atoms with E-state index < -0.39 is 0 Å². The van der Waals surface area contributed by atoms with Gasteiger partial charge in [-0.2, -0.15) is 0 Å². The zero-order valence-electron chi connectivity index (χ0n) is 16.9. The molecule has 0 bridgehead atoms. The second-order valence-corrected chi connectivity index (χ2v) is 7.66. The van der Waals surface area contributed by atoms with Gasteiger partial charge in [-0.15, -0.1) is 0 Å². The van der Waals surface area contributed by atoms with E-state index in [0.717, 1.165) is 50.4 Å². The van der Waals surface area contributed by atoms with Crippen molar-refractivity contribution in [3.63, 3.8) is 0 Å². The summed E-state index contributed by atoms with van der Waals surface area (Å²) in [7, 11) is 1.78. The van der Waals surface area contributed by atoms with Gasteiger partial charge in [0, 0.05) is 44.9 Å². The highest BCUT2D eigenvalue weighted by Crippen LogP contribution is 2.27. The molecule has 6 nitrogen and oxygen atoms in total. The van der Waals surface area contributed by atoms with E-state index in [4.69, 9.17) is 21.1 Å². The number of nitrogens with zero attached hydrogens (tertiary/aromatic N) is 2. The normalized spacial score (nSPS) is 18.9. The van der Waals surface area contributed by atoms with Gasteiger partial charge in [0.1, 0.15) is 0 Å². The van der Waals surface area contributed by atoms with Crippen LogP contribution < -0.4 is 10.6 Å². The van der Waals surface area contributed by atoms with Crippen molar-refractivity contribution >= 4 is 17.6 Å². The lowest BCUT2D eigenvalue weighted by molar-refractivity contribution is -0.0971. The fraction of sp³-hybridized carbons (Fsp3) is 0.650. The fourth-order valence-electron chi connectivity index (χ4n) is 3.26. The van der Waals surface area contributed by atoms with Gasteiger partial charge < -0.3 is 20.1 Å². The Bertz CT molecular complexity index is 592. The van der Waals surface area contributed by atoms with E-state index in [9.17, 15) is 0 Å². The van der Waals surface area contributed by atoms with Gasteiger partial charge in [0.05, 0.1) is 24.9 Å². The van der Waals surface area contributed by atoms with Gasteiger partial charge in [0.15, 0.2) is 5.96 Å². The van der Waals surface area contributed by atoms with Crippen molar-refractivity contribution in [2.75, 3.05) is 53.0 Å². The molecule has 1 atom stereocenters. The number of hydrogen-bond acceptors (Lipinski definition) is 4. The molecule has 0 spiro atoms. The third-order valence-corrected chi connectivity index (χ3v) is 4.83. The predicted octanol–water partition coefficient (Wildman–Crippen LogP) is 2.69. The van der Waals surface area contributed by atoms with Crippen LogP contribution in [0.1, 0.15) is 32.4 Å². The maximum Gasteiger partial charge on any atom is 0.191 e. The van der Waals surface area contributed by atoms with E-state index in [-0.39, 0.29) is 11.6 Å². The van der Waals surface area contributed by atoms with Crippen molar-refractivity contribution in [2.24, 2.45) is 4.99 Å². The molecule has 152 valence electrons. The van der Waals surface area contributed by atoms with Crippen LogP contribution in [0, 0.1) is 0 Å². The molecule has 0 aromatic heterocycles. The molecule has 0 radical (unpaired) electrons. The number of guanidine groups is 1. The van der Waals surface area contributed by atoms with Crippen LogP contribution in [0.25, 0.3) is 0 Å². The lowest BCUT2D eigenvalue weighted by Gasteiger charge is -2.42. The van der Waals surface area contributed by atoms with Crippen LogP contribution in [-0.2, 0) is 9.47 Å². The van der Waals surface area contributed by atoms with Gasteiger partial charge in [0.25, 0.3) is 0 Å². The zero-order valence-corrected chi connectivity index (χ0v) is 17.7. The van der Waals surface area contributed by atoms with Crippen molar-refractivity contribution in [3.8, 4) is 0 Å². The summed E-state index contributed by atoms with van der Waals surface area (Å²) in [5.41, 5.74) is 1.08. The highest BCUT2D eigenvalue weighted by atomic mass is 35.5. The summed E-state index contributed by atoms with van der Waals surface area (Å²) in [6.07, 6.45) is 0. The minimum absolute atomic E-state index is 0.152. The van der Waals surface area contributed by atoms with Crippen molar-refractivity contribution < 1.29 is 9.47 Å². The van der Waals surface area contributed by atoms with Crippen LogP contribution in [0.5, 0.6) is 0 Å². The molecule has 1 aromatic carbocycles. The summed E-state index contributed by atoms with van der Waals surface area (Å²) in [4.78, 5) is 6.78. The van der Waals surface area contributed by atoms with Crippen molar-refractivity contribution in [1.82, 2.24) is 15.5 Å². The maximum absolute atomic E-state index is 6.09. The SMILES string of the molecule is CCOCCNC(=NC)NCC(c1ccc(Cl)cc1)N1CCOC(C)(C)C1. The van der Waals surface area contributed by atoms with E-state index in [1.807, 2.05) is 19.1 Å². The molecule has 27 heavy (non-hydrogen) atoms. The van der Waals surface area contributed by atoms with Gasteiger partial charge in [-0.05, 0) is 38.5 Å². The minimum Gasteiger partial charge on any atom is -0.380 e. The van der Waals surface area contributed by atoms with Gasteiger partial charge >= 0.3 is 0 Å². The van der Waals surface area contributed by atoms with Crippen LogP contribution in [-0.4, -0.2) is 69.5 Å². The topological polar surface area (TPSA) is 58.1 Å². The molecule has 0 amide bonds. The number of rotatable bonds is 8. The number of morpholine rings is 1. The fourth-order valence-corrected chi connectivity index (χ4v) is 3.39. The smallest absolute Gasteiger partial charge is 0.191 e. The van der Waals surface area contributed by atoms with Crippen LogP contribution in [0.15, 0.2) is 29.3 Å². The first-order valence-electron chi connectivity index (χ1n) is 9.61. The Morgan fingerprint density at radius 1 is 1.33 bits per heavy atom. The molecular weight excluding hydrogens is 364 g/mol. The molecule has 1 saturated heterocycles. The molecule has 1 aliphatic rings. The molecule has 0 saturated carbocycles. The number of halogens is 1. The van der Waals surface area contributed by atoms with Gasteiger partial charge in [-0.1, -0.05) is 23.7 Å². The van der Waals surface area contributed by atoms with Crippen molar-refractivity contribution in [1.29, 1.82) is 0 Å². The summed E-state index contributed by atoms with van der Waals surface area (Å²) in [5, 5.41) is 7.49. The third kappa shape index (κ3) is 7.30. The molecule has 1 aliphatic heterocycles. The summed E-state index contributed by atoms with van der Waals surface area (Å²) >= 11 is 6.09. The van der Waals surface area contributed by atoms with Gasteiger partial charge in [0.2, 0.25) is 0 Å². The lowest BCUT2D eigenvalue weighted by Crippen LogP contribution is -2.52. The summed E-state index contributed by atoms with van der Waals surface area (Å²) in [5.74, 6) is 0.779. The summed E-state index contributed by atoms with van der Waals surface area (Å²) < 4.78 is 11.3. The Kier molecular flexibility index (Phi) is 8.83. The molecular formula is C20H33ClN4O2. The Balaban J connectivity index is 2.04. The highest BCUT2D eigenvalue weighted by molar-refractivity contribution is 6.30. The number of hydrogen-bond donors (Lipinski definition) is 2. The van der Waals surface area contributed by atoms with Crippen molar-refractivity contribution in [2.45, 2.75) is 32.4 Å². The quantitative estimate of drug-likeness (QED) is 0.402. The molecule has 1 fully saturated rings. The van der Waals surface area contributed by atoms with E-state index in [1.165, 1.54) is 5.56 Å². The van der Waals surface area contributed by atoms with E-state index in [2.05, 4.69) is 46.5 Å². The largest absolute Gasteiger partial charge is 0.380 e. The van der Waals surface area contributed by atoms with Crippen LogP contribution in [0.3, 0.4) is 0 Å². The number of nitrogens with one attached hydrogen (secondary N) is 2. The number of ether oxygens (including phenoxy) is 2. The molecule has 0 aliphatic carbocycles. The number of aliphatic imine (C=N–C) groups is 1. The Labute approximate surface area is 168 Å². The van der Waals surface area contributed by atoms with Gasteiger partial charge in [-0.25, -0.2) is 0 Å². The first-order chi connectivity index (χ1) is 12.9. The second-order valence-electron chi connectivity index (χ2n) is 7.22. The molecule has 2 rings (SSSR count). The second kappa shape index (κ2) is 10.9. The standard InChI is InChI=1S/C20H33ClN4O2/c1-5-26-12-10-23-19(22-4)24-14-18(16-6-8-17(21)9-7-16)25-11-13-27-20(2,3)15-25/h6-9,18H,5,10-15H2,1-4H3,(H2,22,23,24). The van der Waals surface area contributed by atoms with E-state index in [0.29, 0.717) is 6.61 Å². The number of benzene rings is 1. The average molecular weight is 397 g/mol. The monoisotopic (exact) mass is 396 g/mol. The first kappa shape index (κ1) is 22.0. The van der Waals surface area contributed by atoms with Crippen molar-refractivity contribution in [3.05, 3.63) is 34.9 Å². The van der Waals surface area contributed by atoms with E-state index >= 15 is 0 Å². The average Bonchev–Trinajstić information content (AvgIpc) is 2.64. The first-order valence-corrected chi connectivity index (χ1v) is 9.98. The lowest BCUT2D eigenvalue weighted by atomic mass is 10.0.